The van der Waals surface area contributed by atoms with Crippen molar-refractivity contribution in [3.8, 4) is 0 Å². The minimum Gasteiger partial charge on any atom is -0.361 e. The second-order valence-corrected chi connectivity index (χ2v) is 12.4. The summed E-state index contributed by atoms with van der Waals surface area (Å²) in [6, 6.07) is 10.5. The fourth-order valence-electron chi connectivity index (χ4n) is 6.41. The molecule has 2 aromatic rings. The van der Waals surface area contributed by atoms with Crippen LogP contribution >= 0.6 is 23.8 Å². The molecule has 2 saturated heterocycles. The van der Waals surface area contributed by atoms with Gasteiger partial charge in [-0.15, -0.1) is 0 Å². The third kappa shape index (κ3) is 6.48. The molecule has 5 rings (SSSR count). The summed E-state index contributed by atoms with van der Waals surface area (Å²) in [6.45, 7) is 9.63. The van der Waals surface area contributed by atoms with E-state index in [0.717, 1.165) is 62.2 Å². The van der Waals surface area contributed by atoms with Gasteiger partial charge in [0.1, 0.15) is 11.6 Å². The van der Waals surface area contributed by atoms with Gasteiger partial charge >= 0.3 is 0 Å². The smallest absolute Gasteiger partial charge is 0.232 e. The molecule has 8 heteroatoms. The number of aromatic nitrogens is 2. The van der Waals surface area contributed by atoms with E-state index in [1.807, 2.05) is 12.1 Å². The van der Waals surface area contributed by atoms with E-state index in [-0.39, 0.29) is 5.41 Å². The zero-order valence-electron chi connectivity index (χ0n) is 22.3. The summed E-state index contributed by atoms with van der Waals surface area (Å²) in [5.74, 6) is 3.96. The van der Waals surface area contributed by atoms with Crippen LogP contribution in [-0.4, -0.2) is 47.8 Å². The van der Waals surface area contributed by atoms with Gasteiger partial charge in [0.15, 0.2) is 5.11 Å². The minimum absolute atomic E-state index is 0.0814. The van der Waals surface area contributed by atoms with Crippen LogP contribution in [0.2, 0.25) is 5.02 Å². The highest BCUT2D eigenvalue weighted by molar-refractivity contribution is 7.80. The summed E-state index contributed by atoms with van der Waals surface area (Å²) in [4.78, 5) is 14.7. The quantitative estimate of drug-likeness (QED) is 0.411. The fourth-order valence-corrected chi connectivity index (χ4v) is 6.70. The van der Waals surface area contributed by atoms with Crippen LogP contribution in [0.25, 0.3) is 0 Å². The van der Waals surface area contributed by atoms with Crippen molar-refractivity contribution in [3.63, 3.8) is 0 Å². The molecule has 2 N–H and O–H groups in total. The van der Waals surface area contributed by atoms with Crippen molar-refractivity contribution in [2.45, 2.75) is 70.6 Å². The van der Waals surface area contributed by atoms with Crippen LogP contribution in [0.5, 0.6) is 0 Å². The Morgan fingerprint density at radius 1 is 0.946 bits per heavy atom. The predicted molar refractivity (Wildman–Crippen MR) is 159 cm³/mol. The van der Waals surface area contributed by atoms with Gasteiger partial charge in [-0.2, -0.15) is 9.97 Å². The van der Waals surface area contributed by atoms with Crippen molar-refractivity contribution < 1.29 is 0 Å². The molecule has 6 nitrogen and oxygen atoms in total. The van der Waals surface area contributed by atoms with Crippen molar-refractivity contribution in [1.29, 1.82) is 0 Å². The van der Waals surface area contributed by atoms with Gasteiger partial charge < -0.3 is 20.4 Å². The maximum Gasteiger partial charge on any atom is 0.232 e. The van der Waals surface area contributed by atoms with Gasteiger partial charge in [0.2, 0.25) is 5.95 Å². The number of hydrogen-bond donors (Lipinski definition) is 2. The Morgan fingerprint density at radius 2 is 1.51 bits per heavy atom. The number of hydrogen-bond acceptors (Lipinski definition) is 5. The Morgan fingerprint density at radius 3 is 2.05 bits per heavy atom. The van der Waals surface area contributed by atoms with Gasteiger partial charge in [0, 0.05) is 49.2 Å². The van der Waals surface area contributed by atoms with Crippen LogP contribution < -0.4 is 20.4 Å². The Bertz CT molecular complexity index is 1030. The first-order chi connectivity index (χ1) is 17.9. The highest BCUT2D eigenvalue weighted by atomic mass is 35.5. The molecule has 0 amide bonds. The van der Waals surface area contributed by atoms with E-state index in [9.17, 15) is 0 Å². The molecular formula is C29H41ClN6S. The van der Waals surface area contributed by atoms with Gasteiger partial charge in [0.05, 0.1) is 0 Å². The lowest BCUT2D eigenvalue weighted by Crippen LogP contribution is -2.41. The molecule has 1 saturated carbocycles. The number of thiocarbonyl (C=S) groups is 1. The molecular weight excluding hydrogens is 500 g/mol. The van der Waals surface area contributed by atoms with Crippen LogP contribution in [0.15, 0.2) is 30.3 Å². The van der Waals surface area contributed by atoms with E-state index in [2.05, 4.69) is 52.5 Å². The van der Waals surface area contributed by atoms with E-state index in [4.69, 9.17) is 33.8 Å². The summed E-state index contributed by atoms with van der Waals surface area (Å²) >= 11 is 11.9. The molecule has 0 spiro atoms. The predicted octanol–water partition coefficient (Wildman–Crippen LogP) is 6.40. The molecule has 0 radical (unpaired) electrons. The van der Waals surface area contributed by atoms with Gasteiger partial charge in [-0.3, -0.25) is 0 Å². The molecule has 1 aromatic carbocycles. The Kier molecular flexibility index (Phi) is 8.40. The average Bonchev–Trinajstić information content (AvgIpc) is 3.38. The van der Waals surface area contributed by atoms with Gasteiger partial charge in [-0.25, -0.2) is 0 Å². The largest absolute Gasteiger partial charge is 0.361 e. The first-order valence-corrected chi connectivity index (χ1v) is 14.9. The first kappa shape index (κ1) is 26.5. The molecule has 1 aliphatic carbocycles. The average molecular weight is 541 g/mol. The van der Waals surface area contributed by atoms with E-state index >= 15 is 0 Å². The summed E-state index contributed by atoms with van der Waals surface area (Å²) in [5.41, 5.74) is 1.42. The normalized spacial score (nSPS) is 23.6. The lowest BCUT2D eigenvalue weighted by molar-refractivity contribution is 0.435. The summed E-state index contributed by atoms with van der Waals surface area (Å²) < 4.78 is 0. The van der Waals surface area contributed by atoms with Crippen molar-refractivity contribution in [2.75, 3.05) is 47.8 Å². The first-order valence-electron chi connectivity index (χ1n) is 14.1. The lowest BCUT2D eigenvalue weighted by atomic mass is 9.79. The zero-order chi connectivity index (χ0) is 25.8. The SMILES string of the molecule is C[C@@H]1CCCN(c2cc(N3CCC[C@H](C)C3)nc(NC(=S)NCC3(c4ccc(Cl)cc4)CCCC3)n2)C1. The molecule has 0 bridgehead atoms. The van der Waals surface area contributed by atoms with Gasteiger partial charge in [-0.1, -0.05) is 50.4 Å². The maximum absolute atomic E-state index is 6.17. The van der Waals surface area contributed by atoms with E-state index in [1.54, 1.807) is 0 Å². The molecule has 2 aliphatic heterocycles. The number of anilines is 3. The molecule has 3 aliphatic rings. The van der Waals surface area contributed by atoms with Crippen molar-refractivity contribution in [1.82, 2.24) is 15.3 Å². The van der Waals surface area contributed by atoms with Crippen LogP contribution in [0, 0.1) is 11.8 Å². The topological polar surface area (TPSA) is 56.3 Å². The highest BCUT2D eigenvalue weighted by Gasteiger charge is 2.35. The maximum atomic E-state index is 6.17. The molecule has 1 aromatic heterocycles. The monoisotopic (exact) mass is 540 g/mol. The molecule has 3 fully saturated rings. The number of nitrogens with one attached hydrogen (secondary N) is 2. The van der Waals surface area contributed by atoms with Gasteiger partial charge in [-0.05, 0) is 80.3 Å². The zero-order valence-corrected chi connectivity index (χ0v) is 23.9. The Hall–Kier alpha value is -2.12. The number of benzene rings is 1. The van der Waals surface area contributed by atoms with Crippen molar-refractivity contribution in [3.05, 3.63) is 40.9 Å². The summed E-state index contributed by atoms with van der Waals surface area (Å²) in [7, 11) is 0. The van der Waals surface area contributed by atoms with Crippen LogP contribution in [0.4, 0.5) is 17.6 Å². The molecule has 2 atom stereocenters. The van der Waals surface area contributed by atoms with E-state index < -0.39 is 0 Å². The van der Waals surface area contributed by atoms with Crippen molar-refractivity contribution >= 4 is 46.5 Å². The van der Waals surface area contributed by atoms with Gasteiger partial charge in [0.25, 0.3) is 0 Å². The Labute approximate surface area is 232 Å². The number of piperidine rings is 2. The molecule has 0 unspecified atom stereocenters. The Balaban J connectivity index is 1.32. The van der Waals surface area contributed by atoms with Crippen molar-refractivity contribution in [2.24, 2.45) is 11.8 Å². The third-order valence-electron chi connectivity index (χ3n) is 8.49. The lowest BCUT2D eigenvalue weighted by Gasteiger charge is -2.35. The second-order valence-electron chi connectivity index (χ2n) is 11.6. The van der Waals surface area contributed by atoms with E-state index in [0.29, 0.717) is 22.9 Å². The summed E-state index contributed by atoms with van der Waals surface area (Å²) in [5, 5.41) is 8.23. The minimum atomic E-state index is 0.0814. The highest BCUT2D eigenvalue weighted by Crippen LogP contribution is 2.41. The molecule has 200 valence electrons. The fraction of sp³-hybridized carbons (Fsp3) is 0.621. The van der Waals surface area contributed by atoms with E-state index in [1.165, 1.54) is 44.1 Å². The number of rotatable bonds is 6. The summed E-state index contributed by atoms with van der Waals surface area (Å²) in [6.07, 6.45) is 9.76. The molecule has 37 heavy (non-hydrogen) atoms. The van der Waals surface area contributed by atoms with Crippen LogP contribution in [0.1, 0.15) is 70.8 Å². The van der Waals surface area contributed by atoms with Crippen LogP contribution in [-0.2, 0) is 5.41 Å². The number of halogens is 1. The second kappa shape index (κ2) is 11.7. The van der Waals surface area contributed by atoms with Crippen LogP contribution in [0.3, 0.4) is 0 Å². The number of nitrogens with zero attached hydrogens (tertiary/aromatic N) is 4. The third-order valence-corrected chi connectivity index (χ3v) is 8.99. The molecule has 3 heterocycles. The standard InChI is InChI=1S/C29H41ClN6S/c1-21-7-5-15-35(18-21)25-17-26(36-16-6-8-22(2)19-36)33-27(32-25)34-28(37)31-20-29(13-3-4-14-29)23-9-11-24(30)12-10-23/h9-12,17,21-22H,3-8,13-16,18-20H2,1-2H3,(H2,31,32,33,34,37)/t21-,22+.